The molecule has 7 N–H and O–H groups in total. The maximum atomic E-state index is 11.3. The number of nitrogen functional groups attached to an aromatic ring is 1. The van der Waals surface area contributed by atoms with E-state index in [1.165, 1.54) is 40.2 Å². The number of nitrogens with two attached hydrogens (primary N) is 1. The Morgan fingerprint density at radius 2 is 1.58 bits per heavy atom. The third-order valence-corrected chi connectivity index (χ3v) is 12.0. The summed E-state index contributed by atoms with van der Waals surface area (Å²) in [5.74, 6) is 0.629. The fourth-order valence-electron chi connectivity index (χ4n) is 7.08. The number of hydrogen-bond acceptors (Lipinski definition) is 20. The molecule has 0 bridgehead atoms. The number of fused-ring (bicyclic) bond motifs is 2. The molecular formula is C36H48N11NaO12PS+. The van der Waals surface area contributed by atoms with E-state index in [1.54, 1.807) is 12.1 Å². The maximum Gasteiger partial charge on any atom is 1.00 e. The molecular weight excluding hydrogens is 864 g/mol. The van der Waals surface area contributed by atoms with Gasteiger partial charge in [0.25, 0.3) is 5.69 Å². The minimum absolute atomic E-state index is 0. The molecule has 4 aromatic heterocycles. The van der Waals surface area contributed by atoms with Gasteiger partial charge in [0, 0.05) is 31.6 Å². The quantitative estimate of drug-likeness (QED) is 0.0228. The standard InChI is InChI=1S/C36H48N11O12PS.Na/c1-3-5-12-44(13-6-4-2)36-42-32-25(33(43-36)55-14-11-20-7-9-21(10-8-20)47(52)53)41-19-46(32)34-28(51)26(49)23(58-34)16-56-60(54,61)59-29-27(50)22(15-48)57-35(29)45-18-40-24-30(37)38-17-39-31(24)45;/h7-10,17-19,22-23,26-29,34-35,48-51H,3-6,11-16H2,1-2H3,(H,54,61)(H2,37,38,39);/q;+1/t22-,23-,26-,27-,28-,29-,34-,35-,60?;/m1./s1. The summed E-state index contributed by atoms with van der Waals surface area (Å²) in [6, 6.07) is 6.17. The van der Waals surface area contributed by atoms with Gasteiger partial charge in [-0.1, -0.05) is 38.8 Å². The Morgan fingerprint density at radius 1 is 0.919 bits per heavy atom. The SMILES string of the molecule is CCCCN(CCCC)c1nc(OCCc2ccc([N+](=O)[O-])cc2)c2ncn([C@@H]3O[C@H](COP(O)(=S)O[C@@H]4[C@H](O)[C@@H](CO)O[C@H]4n4cnc5c(N)ncnc54)[C@@H](O)[C@H]3O)c2n1.[Na+]. The van der Waals surface area contributed by atoms with E-state index < -0.39 is 73.9 Å². The van der Waals surface area contributed by atoms with Crippen molar-refractivity contribution in [2.75, 3.05) is 43.5 Å². The van der Waals surface area contributed by atoms with Crippen LogP contribution in [0.1, 0.15) is 57.6 Å². The zero-order valence-corrected chi connectivity index (χ0v) is 37.9. The number of rotatable bonds is 20. The number of unbranched alkanes of at least 4 members (excludes halogenated alkanes) is 2. The molecule has 6 heterocycles. The molecule has 1 unspecified atom stereocenters. The molecule has 5 aromatic rings. The van der Waals surface area contributed by atoms with E-state index in [0.717, 1.165) is 31.2 Å². The number of imidazole rings is 2. The molecule has 2 aliphatic heterocycles. The Kier molecular flexibility index (Phi) is 16.2. The maximum absolute atomic E-state index is 11.3. The molecule has 9 atom stereocenters. The van der Waals surface area contributed by atoms with Crippen molar-refractivity contribution in [3.05, 3.63) is 58.9 Å². The van der Waals surface area contributed by atoms with Gasteiger partial charge in [-0.15, -0.1) is 0 Å². The van der Waals surface area contributed by atoms with Crippen molar-refractivity contribution in [2.24, 2.45) is 0 Å². The summed E-state index contributed by atoms with van der Waals surface area (Å²) in [6.45, 7) is 0.240. The van der Waals surface area contributed by atoms with Crippen LogP contribution in [0.15, 0.2) is 43.2 Å². The number of non-ortho nitro benzene ring substituents is 1. The summed E-state index contributed by atoms with van der Waals surface area (Å²) < 4.78 is 32.4. The summed E-state index contributed by atoms with van der Waals surface area (Å²) in [5, 5.41) is 54.6. The number of aliphatic hydroxyl groups excluding tert-OH is 4. The van der Waals surface area contributed by atoms with Gasteiger partial charge in [-0.05, 0) is 30.2 Å². The van der Waals surface area contributed by atoms with Gasteiger partial charge in [-0.25, -0.2) is 19.9 Å². The molecule has 26 heteroatoms. The average Bonchev–Trinajstić information content (AvgIpc) is 4.01. The second-order valence-electron chi connectivity index (χ2n) is 14.6. The van der Waals surface area contributed by atoms with Crippen molar-refractivity contribution >= 4 is 58.3 Å². The number of anilines is 2. The Balaban J connectivity index is 0.00000641. The van der Waals surface area contributed by atoms with E-state index in [0.29, 0.717) is 25.5 Å². The molecule has 7 rings (SSSR count). The van der Waals surface area contributed by atoms with Crippen molar-refractivity contribution in [1.29, 1.82) is 0 Å². The molecule has 0 aliphatic carbocycles. The minimum atomic E-state index is -4.27. The van der Waals surface area contributed by atoms with Crippen LogP contribution in [-0.4, -0.2) is 139 Å². The minimum Gasteiger partial charge on any atom is -0.476 e. The average molecular weight is 913 g/mol. The van der Waals surface area contributed by atoms with Crippen molar-refractivity contribution in [2.45, 2.75) is 95.0 Å². The van der Waals surface area contributed by atoms with Crippen molar-refractivity contribution in [1.82, 2.24) is 39.0 Å². The van der Waals surface area contributed by atoms with Crippen molar-refractivity contribution in [3.63, 3.8) is 0 Å². The van der Waals surface area contributed by atoms with E-state index in [4.69, 9.17) is 50.8 Å². The molecule has 1 aromatic carbocycles. The molecule has 0 radical (unpaired) electrons. The normalized spacial score (nSPS) is 24.6. The second kappa shape index (κ2) is 20.9. The zero-order chi connectivity index (χ0) is 43.4. The van der Waals surface area contributed by atoms with Crippen molar-refractivity contribution < 1.29 is 83.1 Å². The van der Waals surface area contributed by atoms with Crippen LogP contribution in [0.3, 0.4) is 0 Å². The number of hydrogen-bond donors (Lipinski definition) is 6. The van der Waals surface area contributed by atoms with Crippen LogP contribution < -0.4 is 44.9 Å². The van der Waals surface area contributed by atoms with Crippen LogP contribution >= 0.6 is 6.72 Å². The molecule has 330 valence electrons. The fourth-order valence-corrected chi connectivity index (χ4v) is 8.49. The molecule has 0 saturated carbocycles. The number of aromatic nitrogens is 8. The molecule has 2 aliphatic rings. The summed E-state index contributed by atoms with van der Waals surface area (Å²) >= 11 is 5.32. The molecule has 0 amide bonds. The van der Waals surface area contributed by atoms with Crippen LogP contribution in [0, 0.1) is 10.1 Å². The van der Waals surface area contributed by atoms with Gasteiger partial charge in [0.05, 0.1) is 37.4 Å². The number of nitro benzene ring substituents is 1. The predicted molar refractivity (Wildman–Crippen MR) is 220 cm³/mol. The first kappa shape index (κ1) is 47.9. The first-order valence-electron chi connectivity index (χ1n) is 19.7. The Morgan fingerprint density at radius 3 is 2.24 bits per heavy atom. The smallest absolute Gasteiger partial charge is 0.476 e. The third-order valence-electron chi connectivity index (χ3n) is 10.4. The number of ether oxygens (including phenoxy) is 3. The van der Waals surface area contributed by atoms with Gasteiger partial charge < -0.3 is 54.7 Å². The summed E-state index contributed by atoms with van der Waals surface area (Å²) in [4.78, 5) is 50.4. The van der Waals surface area contributed by atoms with Gasteiger partial charge in [0.1, 0.15) is 48.5 Å². The van der Waals surface area contributed by atoms with E-state index in [-0.39, 0.29) is 75.9 Å². The second-order valence-corrected chi connectivity index (χ2v) is 17.4. The van der Waals surface area contributed by atoms with E-state index in [1.807, 2.05) is 0 Å². The van der Waals surface area contributed by atoms with E-state index in [2.05, 4.69) is 38.7 Å². The number of aliphatic hydroxyl groups is 4. The topological polar surface area (TPSA) is 307 Å². The van der Waals surface area contributed by atoms with Crippen LogP contribution in [0.4, 0.5) is 17.5 Å². The number of benzene rings is 1. The Hall–Kier alpha value is -3.59. The molecule has 2 saturated heterocycles. The summed E-state index contributed by atoms with van der Waals surface area (Å²) in [6.07, 6.45) is -2.83. The van der Waals surface area contributed by atoms with E-state index >= 15 is 0 Å². The number of nitro groups is 1. The van der Waals surface area contributed by atoms with Crippen LogP contribution in [-0.2, 0) is 36.7 Å². The summed E-state index contributed by atoms with van der Waals surface area (Å²) in [5.41, 5.74) is 7.71. The predicted octanol–water partition coefficient (Wildman–Crippen LogP) is -1.32. The van der Waals surface area contributed by atoms with Crippen LogP contribution in [0.5, 0.6) is 5.88 Å². The fraction of sp³-hybridized carbons (Fsp3) is 0.556. The molecule has 62 heavy (non-hydrogen) atoms. The first-order valence-corrected chi connectivity index (χ1v) is 22.3. The Bertz CT molecular complexity index is 2340. The van der Waals surface area contributed by atoms with Crippen LogP contribution in [0.2, 0.25) is 0 Å². The molecule has 2 fully saturated rings. The zero-order valence-electron chi connectivity index (χ0n) is 34.2. The van der Waals surface area contributed by atoms with E-state index in [9.17, 15) is 35.4 Å². The number of nitrogens with zero attached hydrogens (tertiary/aromatic N) is 10. The van der Waals surface area contributed by atoms with Gasteiger partial charge >= 0.3 is 36.3 Å². The van der Waals surface area contributed by atoms with Gasteiger partial charge in [0.2, 0.25) is 11.8 Å². The van der Waals surface area contributed by atoms with Gasteiger partial charge in [0.15, 0.2) is 35.1 Å². The van der Waals surface area contributed by atoms with Crippen LogP contribution in [0.25, 0.3) is 22.3 Å². The Labute approximate surface area is 381 Å². The first-order chi connectivity index (χ1) is 29.3. The summed E-state index contributed by atoms with van der Waals surface area (Å²) in [7, 11) is 0. The monoisotopic (exact) mass is 912 g/mol. The third kappa shape index (κ3) is 10.3. The largest absolute Gasteiger partial charge is 1.00 e. The molecule has 23 nitrogen and oxygen atoms in total. The van der Waals surface area contributed by atoms with Gasteiger partial charge in [-0.3, -0.25) is 23.8 Å². The molecule has 0 spiro atoms. The van der Waals surface area contributed by atoms with Crippen molar-refractivity contribution in [3.8, 4) is 5.88 Å². The van der Waals surface area contributed by atoms with Gasteiger partial charge in [-0.2, -0.15) is 9.97 Å².